The van der Waals surface area contributed by atoms with Crippen LogP contribution in [0.25, 0.3) is 0 Å². The predicted octanol–water partition coefficient (Wildman–Crippen LogP) is -0.176. The molecule has 0 saturated heterocycles. The number of hydrogen-bond donors (Lipinski definition) is 1. The van der Waals surface area contributed by atoms with Crippen molar-refractivity contribution in [2.45, 2.75) is 26.4 Å². The largest absolute Gasteiger partial charge is 3.00 e. The fourth-order valence-corrected chi connectivity index (χ4v) is 2.48. The van der Waals surface area contributed by atoms with Crippen molar-refractivity contribution in [2.75, 3.05) is 19.4 Å². The normalized spacial score (nSPS) is 17.8. The van der Waals surface area contributed by atoms with E-state index in [1.165, 1.54) is 13.8 Å². The van der Waals surface area contributed by atoms with Gasteiger partial charge in [-0.15, -0.1) is 0 Å². The summed E-state index contributed by atoms with van der Waals surface area (Å²) in [5.41, 5.74) is -0.728. The van der Waals surface area contributed by atoms with Crippen molar-refractivity contribution in [3.05, 3.63) is 0 Å². The first-order valence-electron chi connectivity index (χ1n) is 4.94. The monoisotopic (exact) mass is 264 g/mol. The van der Waals surface area contributed by atoms with E-state index in [0.29, 0.717) is 0 Å². The van der Waals surface area contributed by atoms with Gasteiger partial charge >= 0.3 is 23.3 Å². The Morgan fingerprint density at radius 1 is 1.50 bits per heavy atom. The molecule has 0 fully saturated rings. The van der Waals surface area contributed by atoms with Gasteiger partial charge in [-0.3, -0.25) is 4.79 Å². The molecule has 0 spiro atoms. The second-order valence-corrected chi connectivity index (χ2v) is 6.36. The Balaban J connectivity index is 0. The fourth-order valence-electron chi connectivity index (χ4n) is 1.10. The van der Waals surface area contributed by atoms with Crippen molar-refractivity contribution >= 4 is 30.7 Å². The number of aliphatic hydroxyl groups is 1. The Hall–Kier alpha value is 0.152. The van der Waals surface area contributed by atoms with E-state index in [4.69, 9.17) is 5.11 Å². The van der Waals surface area contributed by atoms with Crippen LogP contribution in [0.5, 0.6) is 0 Å². The first kappa shape index (κ1) is 18.5. The maximum Gasteiger partial charge on any atom is 3.00 e. The third-order valence-corrected chi connectivity index (χ3v) is 5.06. The van der Waals surface area contributed by atoms with Crippen molar-refractivity contribution in [1.82, 2.24) is 0 Å². The predicted molar refractivity (Wildman–Crippen MR) is 60.6 cm³/mol. The van der Waals surface area contributed by atoms with Gasteiger partial charge < -0.3 is 19.3 Å². The van der Waals surface area contributed by atoms with E-state index < -0.39 is 24.9 Å². The number of ether oxygens (including phenoxy) is 1. The molecule has 0 bridgehead atoms. The molecule has 3 unspecified atom stereocenters. The van der Waals surface area contributed by atoms with E-state index in [2.05, 4.69) is 4.74 Å². The van der Waals surface area contributed by atoms with E-state index in [1.54, 1.807) is 6.92 Å². The van der Waals surface area contributed by atoms with Gasteiger partial charge in [-0.25, -0.2) is 0 Å². The number of hydrogen-bond acceptors (Lipinski definition) is 5. The molecule has 0 aliphatic heterocycles. The van der Waals surface area contributed by atoms with Gasteiger partial charge in [-0.05, 0) is 6.16 Å². The van der Waals surface area contributed by atoms with Gasteiger partial charge in [0.15, 0.2) is 0 Å². The van der Waals surface area contributed by atoms with Crippen LogP contribution in [0.4, 0.5) is 0 Å². The number of aliphatic hydroxyl groups excluding tert-OH is 1. The molecule has 0 saturated carbocycles. The average Bonchev–Trinajstić information content (AvgIpc) is 2.23. The minimum atomic E-state index is -3.52. The maximum absolute atomic E-state index is 11.5. The van der Waals surface area contributed by atoms with Gasteiger partial charge in [-0.2, -0.15) is 0 Å². The minimum absolute atomic E-state index is 0. The van der Waals surface area contributed by atoms with Gasteiger partial charge in [0.1, 0.15) is 6.61 Å². The van der Waals surface area contributed by atoms with Gasteiger partial charge in [0.2, 0.25) is 0 Å². The molecule has 0 heterocycles. The number of carbonyl (C=O) groups excluding carboxylic acids is 1. The van der Waals surface area contributed by atoms with Crippen LogP contribution >= 0.6 is 7.37 Å². The van der Waals surface area contributed by atoms with Gasteiger partial charge in [0.25, 0.3) is 0 Å². The first-order valence-corrected chi connectivity index (χ1v) is 6.82. The zero-order valence-electron chi connectivity index (χ0n) is 9.88. The van der Waals surface area contributed by atoms with Crippen LogP contribution < -0.4 is 4.89 Å². The van der Waals surface area contributed by atoms with Gasteiger partial charge in [0.05, 0.1) is 12.5 Å². The SMILES string of the molecule is CCP(=O)([O-])C(C)C(C)C(=O)OCCO.[Al+3]. The molecule has 3 atom stereocenters. The minimum Gasteiger partial charge on any atom is -0.799 e. The molecular formula is C9H18AlO5P+2. The van der Waals surface area contributed by atoms with E-state index in [0.717, 1.165) is 0 Å². The Morgan fingerprint density at radius 3 is 2.38 bits per heavy atom. The van der Waals surface area contributed by atoms with Gasteiger partial charge in [0, 0.05) is 13.0 Å². The van der Waals surface area contributed by atoms with E-state index >= 15 is 0 Å². The summed E-state index contributed by atoms with van der Waals surface area (Å²) in [4.78, 5) is 22.8. The zero-order valence-corrected chi connectivity index (χ0v) is 11.9. The van der Waals surface area contributed by atoms with Crippen LogP contribution in [0.3, 0.4) is 0 Å². The summed E-state index contributed by atoms with van der Waals surface area (Å²) in [6, 6.07) is 0. The van der Waals surface area contributed by atoms with Gasteiger partial charge in [-0.1, -0.05) is 20.8 Å². The summed E-state index contributed by atoms with van der Waals surface area (Å²) in [7, 11) is -3.52. The van der Waals surface area contributed by atoms with Crippen molar-refractivity contribution in [3.63, 3.8) is 0 Å². The van der Waals surface area contributed by atoms with Crippen LogP contribution in [0.1, 0.15) is 20.8 Å². The summed E-state index contributed by atoms with van der Waals surface area (Å²) < 4.78 is 16.2. The topological polar surface area (TPSA) is 86.7 Å². The second kappa shape index (κ2) is 8.27. The van der Waals surface area contributed by atoms with E-state index in [9.17, 15) is 14.3 Å². The van der Waals surface area contributed by atoms with Crippen molar-refractivity contribution in [1.29, 1.82) is 0 Å². The molecule has 0 aliphatic carbocycles. The Labute approximate surface area is 107 Å². The smallest absolute Gasteiger partial charge is 0.799 e. The van der Waals surface area contributed by atoms with Crippen LogP contribution in [0.2, 0.25) is 0 Å². The van der Waals surface area contributed by atoms with E-state index in [-0.39, 0.29) is 36.7 Å². The van der Waals surface area contributed by atoms with Crippen LogP contribution in [-0.2, 0) is 14.1 Å². The van der Waals surface area contributed by atoms with Crippen LogP contribution in [-0.4, -0.2) is 53.5 Å². The second-order valence-electron chi connectivity index (χ2n) is 3.46. The zero-order chi connectivity index (χ0) is 12.1. The summed E-state index contributed by atoms with van der Waals surface area (Å²) in [6.45, 7) is 4.23. The molecular weight excluding hydrogens is 246 g/mol. The third-order valence-electron chi connectivity index (χ3n) is 2.49. The summed E-state index contributed by atoms with van der Waals surface area (Å²) >= 11 is 0. The molecule has 5 nitrogen and oxygen atoms in total. The summed E-state index contributed by atoms with van der Waals surface area (Å²) in [6.07, 6.45) is 0.0335. The third kappa shape index (κ3) is 5.47. The molecule has 0 aromatic rings. The Kier molecular flexibility index (Phi) is 9.57. The average molecular weight is 264 g/mol. The maximum atomic E-state index is 11.5. The van der Waals surface area contributed by atoms with Crippen molar-refractivity contribution in [3.8, 4) is 0 Å². The van der Waals surface area contributed by atoms with Crippen molar-refractivity contribution < 1.29 is 24.1 Å². The number of esters is 1. The molecule has 0 aromatic heterocycles. The molecule has 7 heteroatoms. The summed E-state index contributed by atoms with van der Waals surface area (Å²) in [5.74, 6) is -1.28. The summed E-state index contributed by atoms with van der Waals surface area (Å²) in [5, 5.41) is 8.45. The molecule has 0 amide bonds. The van der Waals surface area contributed by atoms with E-state index in [1.807, 2.05) is 0 Å². The first-order chi connectivity index (χ1) is 6.86. The van der Waals surface area contributed by atoms with Crippen LogP contribution in [0, 0.1) is 5.92 Å². The molecule has 16 heavy (non-hydrogen) atoms. The molecule has 0 radical (unpaired) electrons. The standard InChI is InChI=1S/C9H19O5P.Al/c1-4-15(12,13)8(3)7(2)9(11)14-6-5-10;/h7-8,10H,4-6H2,1-3H3,(H,12,13);/q;+3/p-1. The molecule has 0 rings (SSSR count). The number of rotatable bonds is 6. The Morgan fingerprint density at radius 2 is 2.00 bits per heavy atom. The molecule has 0 aromatic carbocycles. The Bertz CT molecular complexity index is 258. The molecule has 0 aliphatic rings. The van der Waals surface area contributed by atoms with Crippen LogP contribution in [0.15, 0.2) is 0 Å². The number of carbonyl (C=O) groups is 1. The quantitative estimate of drug-likeness (QED) is 0.408. The fraction of sp³-hybridized carbons (Fsp3) is 0.889. The van der Waals surface area contributed by atoms with Crippen molar-refractivity contribution in [2.24, 2.45) is 5.92 Å². The molecule has 90 valence electrons. The molecule has 1 N–H and O–H groups in total.